The van der Waals surface area contributed by atoms with Crippen molar-refractivity contribution in [3.8, 4) is 0 Å². The second-order valence-electron chi connectivity index (χ2n) is 8.34. The van der Waals surface area contributed by atoms with Crippen molar-refractivity contribution < 1.29 is 33.2 Å². The first kappa shape index (κ1) is 16.5. The van der Waals surface area contributed by atoms with Crippen LogP contribution in [-0.2, 0) is 28.1 Å². The van der Waals surface area contributed by atoms with Crippen LogP contribution >= 0.6 is 8.25 Å². The second kappa shape index (κ2) is 5.54. The number of ketones is 1. The average Bonchev–Trinajstić information content (AvgIpc) is 2.83. The molecular formula is C19H23ClHgO2. The molecule has 23 heavy (non-hydrogen) atoms. The number of carbonyl (C=O) groups excluding carboxylic acids is 1. The third-order valence-electron chi connectivity index (χ3n) is 7.39. The maximum atomic E-state index is 12.2. The first-order valence-electron chi connectivity index (χ1n) is 8.80. The Morgan fingerprint density at radius 2 is 2.04 bits per heavy atom. The predicted octanol–water partition coefficient (Wildman–Crippen LogP) is 4.00. The van der Waals surface area contributed by atoms with Crippen LogP contribution < -0.4 is 0 Å². The van der Waals surface area contributed by atoms with Crippen LogP contribution in [0, 0.1) is 28.6 Å². The van der Waals surface area contributed by atoms with Gasteiger partial charge in [0.05, 0.1) is 0 Å². The van der Waals surface area contributed by atoms with E-state index in [4.69, 9.17) is 8.25 Å². The molecule has 0 spiro atoms. The molecule has 120 valence electrons. The Kier molecular flexibility index (Phi) is 3.98. The number of hydrogen-bond acceptors (Lipinski definition) is 2. The van der Waals surface area contributed by atoms with Crippen molar-refractivity contribution in [2.75, 3.05) is 0 Å². The van der Waals surface area contributed by atoms with Crippen molar-refractivity contribution in [3.63, 3.8) is 0 Å². The molecule has 1 unspecified atom stereocenters. The van der Waals surface area contributed by atoms with E-state index in [1.54, 1.807) is 0 Å². The summed E-state index contributed by atoms with van der Waals surface area (Å²) < 4.78 is 0.965. The fourth-order valence-electron chi connectivity index (χ4n) is 5.91. The van der Waals surface area contributed by atoms with Crippen molar-refractivity contribution in [2.45, 2.75) is 45.6 Å². The summed E-state index contributed by atoms with van der Waals surface area (Å²) in [6.07, 6.45) is 12.8. The molecule has 4 aliphatic rings. The van der Waals surface area contributed by atoms with E-state index in [-0.39, 0.29) is 22.7 Å². The monoisotopic (exact) mass is 520 g/mol. The van der Waals surface area contributed by atoms with Crippen LogP contribution in [0.2, 0.25) is 0 Å². The molecular weight excluding hydrogens is 496 g/mol. The molecule has 2 saturated carbocycles. The molecule has 0 bridgehead atoms. The van der Waals surface area contributed by atoms with Crippen LogP contribution in [0.1, 0.15) is 39.5 Å². The molecule has 0 aromatic carbocycles. The van der Waals surface area contributed by atoms with Gasteiger partial charge in [0, 0.05) is 0 Å². The van der Waals surface area contributed by atoms with Crippen LogP contribution in [0.5, 0.6) is 0 Å². The van der Waals surface area contributed by atoms with Crippen LogP contribution in [0.4, 0.5) is 0 Å². The van der Waals surface area contributed by atoms with E-state index >= 15 is 0 Å². The second-order valence-corrected chi connectivity index (χ2v) is 14.7. The van der Waals surface area contributed by atoms with Gasteiger partial charge < -0.3 is 0 Å². The van der Waals surface area contributed by atoms with E-state index in [2.05, 4.69) is 32.1 Å². The molecule has 4 heteroatoms. The minimum atomic E-state index is -1.71. The molecule has 2 nitrogen and oxygen atoms in total. The summed E-state index contributed by atoms with van der Waals surface area (Å²) in [5, 5.41) is 10.5. The standard InChI is InChI=1S/C19H23O2.ClH.Hg/c1-18-9-7-13(20)11-12(18)3-4-14-15-5-6-17(21)19(15,2)10-8-16(14)18;;/h3-4,9,11,14-17,21H,5-6,8,10H2,1-2H3;1H;/q;;+1/p-1/t14-,15-,16-,17?,18-,19-;;/m0../s1. The zero-order chi connectivity index (χ0) is 16.4. The molecule has 0 aromatic rings. The van der Waals surface area contributed by atoms with Gasteiger partial charge in [-0.25, -0.2) is 0 Å². The van der Waals surface area contributed by atoms with E-state index in [9.17, 15) is 9.90 Å². The predicted molar refractivity (Wildman–Crippen MR) is 87.3 cm³/mol. The summed E-state index contributed by atoms with van der Waals surface area (Å²) in [6, 6.07) is 0. The minimum absolute atomic E-state index is 0.0353. The van der Waals surface area contributed by atoms with Gasteiger partial charge in [0.1, 0.15) is 0 Å². The zero-order valence-electron chi connectivity index (χ0n) is 13.9. The first-order valence-corrected chi connectivity index (χ1v) is 18.3. The molecule has 4 aliphatic carbocycles. The Morgan fingerprint density at radius 3 is 2.78 bits per heavy atom. The van der Waals surface area contributed by atoms with Gasteiger partial charge in [-0.3, -0.25) is 0 Å². The van der Waals surface area contributed by atoms with E-state index in [0.717, 1.165) is 28.8 Å². The quantitative estimate of drug-likeness (QED) is 0.533. The van der Waals surface area contributed by atoms with E-state index in [1.165, 1.54) is 5.57 Å². The van der Waals surface area contributed by atoms with Gasteiger partial charge in [0.25, 0.3) is 0 Å². The first-order chi connectivity index (χ1) is 10.9. The SMILES string of the molecule is C[C@]12C=[C]([Hg][Cl])C(=O)C=C1C=C[C@@H]1[C@@H]2CC[C@]2(C)C(O)CC[C@@H]12. The summed E-state index contributed by atoms with van der Waals surface area (Å²) in [4.78, 5) is 12.2. The molecule has 2 fully saturated rings. The molecule has 0 heterocycles. The van der Waals surface area contributed by atoms with Crippen molar-refractivity contribution in [3.05, 3.63) is 33.0 Å². The van der Waals surface area contributed by atoms with Crippen LogP contribution in [0.25, 0.3) is 0 Å². The van der Waals surface area contributed by atoms with E-state index in [0.29, 0.717) is 17.8 Å². The van der Waals surface area contributed by atoms with Gasteiger partial charge in [-0.1, -0.05) is 0 Å². The Bertz CT molecular complexity index is 652. The summed E-state index contributed by atoms with van der Waals surface area (Å²) >= 11 is -1.71. The topological polar surface area (TPSA) is 37.3 Å². The van der Waals surface area contributed by atoms with Gasteiger partial charge in [-0.15, -0.1) is 0 Å². The fraction of sp³-hybridized carbons (Fsp3) is 0.632. The van der Waals surface area contributed by atoms with E-state index < -0.39 is 23.3 Å². The molecule has 0 radical (unpaired) electrons. The number of halogens is 1. The number of rotatable bonds is 1. The Labute approximate surface area is 153 Å². The summed E-state index contributed by atoms with van der Waals surface area (Å²) in [7, 11) is 6.23. The van der Waals surface area contributed by atoms with Crippen molar-refractivity contribution in [1.82, 2.24) is 0 Å². The van der Waals surface area contributed by atoms with Crippen LogP contribution in [0.15, 0.2) is 33.0 Å². The summed E-state index contributed by atoms with van der Waals surface area (Å²) in [5.74, 6) is 1.79. The fourth-order valence-corrected chi connectivity index (χ4v) is 10.6. The Morgan fingerprint density at radius 1 is 1.26 bits per heavy atom. The normalized spacial score (nSPS) is 47.9. The summed E-state index contributed by atoms with van der Waals surface area (Å²) in [5.41, 5.74) is 1.21. The number of allylic oxidation sites excluding steroid dienone is 6. The molecule has 0 saturated heterocycles. The summed E-state index contributed by atoms with van der Waals surface area (Å²) in [6.45, 7) is 4.59. The zero-order valence-corrected chi connectivity index (χ0v) is 20.1. The Balaban J connectivity index is 1.77. The molecule has 0 aliphatic heterocycles. The van der Waals surface area contributed by atoms with Gasteiger partial charge in [0.15, 0.2) is 0 Å². The maximum absolute atomic E-state index is 12.2. The molecule has 4 rings (SSSR count). The van der Waals surface area contributed by atoms with Gasteiger partial charge in [-0.2, -0.15) is 0 Å². The number of aliphatic hydroxyl groups excluding tert-OH is 1. The van der Waals surface area contributed by atoms with E-state index in [1.807, 2.05) is 6.08 Å². The van der Waals surface area contributed by atoms with Crippen LogP contribution in [-0.4, -0.2) is 17.0 Å². The number of carbonyl (C=O) groups is 1. The number of aliphatic hydroxyl groups is 1. The average molecular weight is 519 g/mol. The molecule has 0 amide bonds. The van der Waals surface area contributed by atoms with Gasteiger partial charge in [0.2, 0.25) is 0 Å². The Hall–Kier alpha value is 0.0751. The van der Waals surface area contributed by atoms with Gasteiger partial charge >= 0.3 is 154 Å². The van der Waals surface area contributed by atoms with Crippen molar-refractivity contribution in [2.24, 2.45) is 28.6 Å². The molecule has 6 atom stereocenters. The number of fused-ring (bicyclic) bond motifs is 5. The van der Waals surface area contributed by atoms with Crippen molar-refractivity contribution >= 4 is 14.0 Å². The van der Waals surface area contributed by atoms with Crippen LogP contribution in [0.3, 0.4) is 0 Å². The molecule has 1 N–H and O–H groups in total. The van der Waals surface area contributed by atoms with Gasteiger partial charge in [-0.05, 0) is 0 Å². The number of hydrogen-bond donors (Lipinski definition) is 1. The third-order valence-corrected chi connectivity index (χ3v) is 13.2. The molecule has 0 aromatic heterocycles. The van der Waals surface area contributed by atoms with Crippen molar-refractivity contribution in [1.29, 1.82) is 0 Å². The third kappa shape index (κ3) is 2.24.